The van der Waals surface area contributed by atoms with Gasteiger partial charge in [0.15, 0.2) is 0 Å². The molecule has 1 saturated heterocycles. The summed E-state index contributed by atoms with van der Waals surface area (Å²) in [6, 6.07) is 0.557. The van der Waals surface area contributed by atoms with Gasteiger partial charge in [-0.2, -0.15) is 0 Å². The predicted octanol–water partition coefficient (Wildman–Crippen LogP) is 1.59. The van der Waals surface area contributed by atoms with Gasteiger partial charge in [0, 0.05) is 18.3 Å². The molecule has 0 saturated carbocycles. The Labute approximate surface area is 116 Å². The van der Waals surface area contributed by atoms with Crippen LogP contribution in [-0.2, 0) is 4.79 Å². The van der Waals surface area contributed by atoms with Crippen LogP contribution in [0.25, 0.3) is 0 Å². The molecule has 1 heterocycles. The Bertz CT molecular complexity index is 334. The lowest BCUT2D eigenvalue weighted by Gasteiger charge is -2.33. The zero-order chi connectivity index (χ0) is 13.7. The number of nitrogens with one attached hydrogen (secondary N) is 1. The number of allylic oxidation sites excluding steroid dienone is 2. The van der Waals surface area contributed by atoms with E-state index in [4.69, 9.17) is 0 Å². The number of likely N-dealkylation sites (N-methyl/N-ethyl adjacent to an activating group) is 2. The number of nitrogens with zero attached hydrogens (tertiary/aromatic N) is 2. The van der Waals surface area contributed by atoms with Crippen molar-refractivity contribution in [3.05, 3.63) is 11.8 Å². The van der Waals surface area contributed by atoms with E-state index in [1.165, 1.54) is 12.1 Å². The molecule has 0 atom stereocenters. The summed E-state index contributed by atoms with van der Waals surface area (Å²) >= 11 is 0. The molecule has 4 nitrogen and oxygen atoms in total. The van der Waals surface area contributed by atoms with Crippen molar-refractivity contribution in [3.63, 3.8) is 0 Å². The lowest BCUT2D eigenvalue weighted by Crippen LogP contribution is -2.46. The number of carbonyl (C=O) groups is 1. The Morgan fingerprint density at radius 2 is 2.16 bits per heavy atom. The fourth-order valence-corrected chi connectivity index (χ4v) is 3.11. The summed E-state index contributed by atoms with van der Waals surface area (Å²) in [5, 5.41) is 3.37. The molecule has 1 N–H and O–H groups in total. The Balaban J connectivity index is 1.87. The van der Waals surface area contributed by atoms with Crippen LogP contribution in [-0.4, -0.2) is 55.0 Å². The molecule has 2 aliphatic rings. The minimum absolute atomic E-state index is 0.261. The van der Waals surface area contributed by atoms with Crippen molar-refractivity contribution in [1.82, 2.24) is 15.1 Å². The van der Waals surface area contributed by atoms with Crippen LogP contribution in [0.5, 0.6) is 0 Å². The maximum Gasteiger partial charge on any atom is 0.240 e. The number of hydrogen-bond acceptors (Lipinski definition) is 3. The van der Waals surface area contributed by atoms with Crippen LogP contribution < -0.4 is 5.32 Å². The van der Waals surface area contributed by atoms with Crippen molar-refractivity contribution in [3.8, 4) is 0 Å². The van der Waals surface area contributed by atoms with Gasteiger partial charge in [-0.25, -0.2) is 0 Å². The van der Waals surface area contributed by atoms with Crippen LogP contribution in [0, 0.1) is 0 Å². The van der Waals surface area contributed by atoms with Crippen LogP contribution in [0.2, 0.25) is 0 Å². The lowest BCUT2D eigenvalue weighted by molar-refractivity contribution is -0.130. The number of piperidine rings is 1. The van der Waals surface area contributed by atoms with Crippen LogP contribution in [0.4, 0.5) is 0 Å². The highest BCUT2D eigenvalue weighted by molar-refractivity contribution is 5.80. The van der Waals surface area contributed by atoms with E-state index in [-0.39, 0.29) is 5.91 Å². The van der Waals surface area contributed by atoms with E-state index in [1.807, 2.05) is 4.90 Å². The lowest BCUT2D eigenvalue weighted by atomic mass is 10.1. The van der Waals surface area contributed by atoms with Gasteiger partial charge in [0.2, 0.25) is 5.91 Å². The second kappa shape index (κ2) is 7.06. The Hall–Kier alpha value is -0.870. The van der Waals surface area contributed by atoms with Gasteiger partial charge in [-0.05, 0) is 59.2 Å². The predicted molar refractivity (Wildman–Crippen MR) is 77.8 cm³/mol. The van der Waals surface area contributed by atoms with Crippen molar-refractivity contribution in [2.45, 2.75) is 45.1 Å². The average molecular weight is 265 g/mol. The molecule has 0 bridgehead atoms. The molecular formula is C15H27N3O. The quantitative estimate of drug-likeness (QED) is 0.820. The first-order chi connectivity index (χ1) is 9.22. The van der Waals surface area contributed by atoms with Gasteiger partial charge in [0.25, 0.3) is 0 Å². The van der Waals surface area contributed by atoms with Gasteiger partial charge < -0.3 is 10.2 Å². The van der Waals surface area contributed by atoms with Crippen LogP contribution in [0.3, 0.4) is 0 Å². The van der Waals surface area contributed by atoms with Crippen molar-refractivity contribution in [2.24, 2.45) is 0 Å². The first kappa shape index (κ1) is 14.5. The molecular weight excluding hydrogens is 238 g/mol. The van der Waals surface area contributed by atoms with E-state index in [9.17, 15) is 4.79 Å². The largest absolute Gasteiger partial charge is 0.317 e. The summed E-state index contributed by atoms with van der Waals surface area (Å²) in [6.07, 6.45) is 7.92. The minimum Gasteiger partial charge on any atom is -0.317 e. The Morgan fingerprint density at radius 3 is 2.74 bits per heavy atom. The van der Waals surface area contributed by atoms with Crippen molar-refractivity contribution in [1.29, 1.82) is 0 Å². The number of carbonyl (C=O) groups excluding carboxylic acids is 1. The summed E-state index contributed by atoms with van der Waals surface area (Å²) in [5.41, 5.74) is 1.24. The zero-order valence-corrected chi connectivity index (χ0v) is 12.3. The topological polar surface area (TPSA) is 35.6 Å². The van der Waals surface area contributed by atoms with E-state index >= 15 is 0 Å². The fourth-order valence-electron chi connectivity index (χ4n) is 3.11. The maximum atomic E-state index is 12.4. The highest BCUT2D eigenvalue weighted by atomic mass is 16.2. The Kier molecular flexibility index (Phi) is 5.40. The van der Waals surface area contributed by atoms with Gasteiger partial charge in [-0.15, -0.1) is 0 Å². The number of hydrogen-bond donors (Lipinski definition) is 1. The molecule has 1 fully saturated rings. The monoisotopic (exact) mass is 265 g/mol. The molecule has 0 unspecified atom stereocenters. The number of rotatable bonds is 5. The normalized spacial score (nSPS) is 20.7. The average Bonchev–Trinajstić information content (AvgIpc) is 2.94. The van der Waals surface area contributed by atoms with E-state index in [0.29, 0.717) is 12.6 Å². The second-order valence-electron chi connectivity index (χ2n) is 5.62. The molecule has 1 aliphatic carbocycles. The molecule has 0 radical (unpaired) electrons. The van der Waals surface area contributed by atoms with Gasteiger partial charge >= 0.3 is 0 Å². The molecule has 0 aromatic carbocycles. The third-order valence-corrected chi connectivity index (χ3v) is 4.30. The minimum atomic E-state index is 0.261. The summed E-state index contributed by atoms with van der Waals surface area (Å²) in [4.78, 5) is 16.7. The van der Waals surface area contributed by atoms with E-state index in [1.54, 1.807) is 0 Å². The summed E-state index contributed by atoms with van der Waals surface area (Å²) < 4.78 is 0. The molecule has 1 amide bonds. The molecule has 0 aromatic rings. The summed E-state index contributed by atoms with van der Waals surface area (Å²) in [7, 11) is 2.09. The molecule has 1 aliphatic heterocycles. The van der Waals surface area contributed by atoms with Crippen molar-refractivity contribution >= 4 is 5.91 Å². The molecule has 4 heteroatoms. The first-order valence-electron chi connectivity index (χ1n) is 7.62. The van der Waals surface area contributed by atoms with Crippen molar-refractivity contribution < 1.29 is 4.79 Å². The van der Waals surface area contributed by atoms with E-state index in [2.05, 4.69) is 30.3 Å². The molecule has 19 heavy (non-hydrogen) atoms. The third kappa shape index (κ3) is 3.80. The maximum absolute atomic E-state index is 12.4. The third-order valence-electron chi connectivity index (χ3n) is 4.30. The van der Waals surface area contributed by atoms with Crippen LogP contribution in [0.15, 0.2) is 11.8 Å². The zero-order valence-electron chi connectivity index (χ0n) is 12.3. The summed E-state index contributed by atoms with van der Waals surface area (Å²) in [6.45, 7) is 5.57. The van der Waals surface area contributed by atoms with Gasteiger partial charge in [0.05, 0.1) is 6.54 Å². The highest BCUT2D eigenvalue weighted by Crippen LogP contribution is 2.21. The van der Waals surface area contributed by atoms with Crippen LogP contribution in [0.1, 0.15) is 39.0 Å². The van der Waals surface area contributed by atoms with Gasteiger partial charge in [0.1, 0.15) is 0 Å². The molecule has 0 spiro atoms. The standard InChI is InChI=1S/C15H27N3O/c1-3-18(14-6-4-5-7-14)15(19)12-17(2)13-8-10-16-11-9-13/h6,13,16H,3-5,7-12H2,1-2H3. The SMILES string of the molecule is CCN(C(=O)CN(C)C1CCNCC1)C1=CCCC1. The van der Waals surface area contributed by atoms with E-state index in [0.717, 1.165) is 45.3 Å². The smallest absolute Gasteiger partial charge is 0.240 e. The first-order valence-corrected chi connectivity index (χ1v) is 7.62. The Morgan fingerprint density at radius 1 is 1.42 bits per heavy atom. The molecule has 108 valence electrons. The van der Waals surface area contributed by atoms with Gasteiger partial charge in [-0.3, -0.25) is 9.69 Å². The van der Waals surface area contributed by atoms with Crippen LogP contribution >= 0.6 is 0 Å². The fraction of sp³-hybridized carbons (Fsp3) is 0.800. The highest BCUT2D eigenvalue weighted by Gasteiger charge is 2.23. The molecule has 2 rings (SSSR count). The van der Waals surface area contributed by atoms with E-state index < -0.39 is 0 Å². The van der Waals surface area contributed by atoms with Crippen molar-refractivity contribution in [2.75, 3.05) is 33.2 Å². The summed E-state index contributed by atoms with van der Waals surface area (Å²) in [5.74, 6) is 0.261. The second-order valence-corrected chi connectivity index (χ2v) is 5.62. The number of amides is 1. The molecule has 0 aromatic heterocycles. The van der Waals surface area contributed by atoms with Gasteiger partial charge in [-0.1, -0.05) is 6.08 Å².